The van der Waals surface area contributed by atoms with E-state index >= 15 is 0 Å². The van der Waals surface area contributed by atoms with E-state index in [0.29, 0.717) is 44.0 Å². The van der Waals surface area contributed by atoms with Gasteiger partial charge in [0.1, 0.15) is 6.61 Å². The van der Waals surface area contributed by atoms with Crippen LogP contribution in [0.2, 0.25) is 0 Å². The van der Waals surface area contributed by atoms with Crippen LogP contribution >= 0.6 is 0 Å². The first kappa shape index (κ1) is 23.4. The highest BCUT2D eigenvalue weighted by molar-refractivity contribution is 5.94. The Morgan fingerprint density at radius 1 is 1.03 bits per heavy atom. The Hall–Kier alpha value is -3.23. The molecule has 2 aromatic rings. The highest BCUT2D eigenvalue weighted by Gasteiger charge is 2.31. The number of halogens is 3. The fourth-order valence-electron chi connectivity index (χ4n) is 3.55. The lowest BCUT2D eigenvalue weighted by molar-refractivity contribution is -0.137. The van der Waals surface area contributed by atoms with Gasteiger partial charge in [-0.15, -0.1) is 0 Å². The van der Waals surface area contributed by atoms with E-state index in [9.17, 15) is 22.8 Å². The molecule has 1 heterocycles. The molecule has 9 heteroatoms. The average Bonchev–Trinajstić information content (AvgIpc) is 2.81. The van der Waals surface area contributed by atoms with Crippen LogP contribution in [-0.4, -0.2) is 50.1 Å². The third kappa shape index (κ3) is 5.93. The van der Waals surface area contributed by atoms with E-state index in [1.165, 1.54) is 12.1 Å². The van der Waals surface area contributed by atoms with Crippen LogP contribution in [-0.2, 0) is 11.0 Å². The van der Waals surface area contributed by atoms with Crippen LogP contribution in [0, 0.1) is 5.92 Å². The van der Waals surface area contributed by atoms with Gasteiger partial charge in [-0.2, -0.15) is 13.2 Å². The number of piperidine rings is 1. The Morgan fingerprint density at radius 3 is 2.25 bits per heavy atom. The van der Waals surface area contributed by atoms with Crippen LogP contribution in [0.1, 0.15) is 28.8 Å². The molecule has 172 valence electrons. The van der Waals surface area contributed by atoms with Gasteiger partial charge in [0.05, 0.1) is 19.2 Å². The van der Waals surface area contributed by atoms with Gasteiger partial charge in [-0.3, -0.25) is 9.59 Å². The van der Waals surface area contributed by atoms with Gasteiger partial charge in [-0.25, -0.2) is 0 Å². The minimum atomic E-state index is -4.44. The molecule has 0 aliphatic carbocycles. The Balaban J connectivity index is 1.42. The van der Waals surface area contributed by atoms with Gasteiger partial charge in [-0.05, 0) is 49.2 Å². The predicted octanol–water partition coefficient (Wildman–Crippen LogP) is 3.76. The Morgan fingerprint density at radius 2 is 1.66 bits per heavy atom. The van der Waals surface area contributed by atoms with Gasteiger partial charge < -0.3 is 19.7 Å². The monoisotopic (exact) mass is 450 g/mol. The van der Waals surface area contributed by atoms with E-state index in [0.717, 1.165) is 12.1 Å². The Kier molecular flexibility index (Phi) is 7.61. The van der Waals surface area contributed by atoms with Crippen LogP contribution < -0.4 is 14.8 Å². The van der Waals surface area contributed by atoms with Crippen LogP contribution in [0.25, 0.3) is 0 Å². The zero-order valence-corrected chi connectivity index (χ0v) is 17.7. The first-order chi connectivity index (χ1) is 15.3. The molecule has 3 rings (SSSR count). The van der Waals surface area contributed by atoms with Crippen molar-refractivity contribution >= 4 is 11.8 Å². The summed E-state index contributed by atoms with van der Waals surface area (Å²) in [6, 6.07) is 11.4. The quantitative estimate of drug-likeness (QED) is 0.653. The number of hydrogen-bond donors (Lipinski definition) is 1. The smallest absolute Gasteiger partial charge is 0.416 e. The lowest BCUT2D eigenvalue weighted by Crippen LogP contribution is -2.43. The number of hydrogen-bond acceptors (Lipinski definition) is 4. The van der Waals surface area contributed by atoms with Gasteiger partial charge in [0.25, 0.3) is 5.91 Å². The summed E-state index contributed by atoms with van der Waals surface area (Å²) in [5.41, 5.74) is -0.589. The third-order valence-corrected chi connectivity index (χ3v) is 5.34. The highest BCUT2D eigenvalue weighted by atomic mass is 19.4. The molecule has 6 nitrogen and oxygen atoms in total. The van der Waals surface area contributed by atoms with Crippen molar-refractivity contribution in [2.75, 3.05) is 33.4 Å². The van der Waals surface area contributed by atoms with Crippen molar-refractivity contribution < 1.29 is 32.2 Å². The maximum Gasteiger partial charge on any atom is 0.416 e. The molecule has 32 heavy (non-hydrogen) atoms. The molecule has 1 saturated heterocycles. The lowest BCUT2D eigenvalue weighted by atomic mass is 9.95. The summed E-state index contributed by atoms with van der Waals surface area (Å²) in [4.78, 5) is 26.5. The van der Waals surface area contributed by atoms with Crippen molar-refractivity contribution in [3.8, 4) is 11.5 Å². The molecule has 0 atom stereocenters. The fraction of sp³-hybridized carbons (Fsp3) is 0.391. The summed E-state index contributed by atoms with van der Waals surface area (Å²) in [7, 11) is 1.55. The number of carbonyl (C=O) groups is 2. The molecule has 1 N–H and O–H groups in total. The average molecular weight is 450 g/mol. The second-order valence-electron chi connectivity index (χ2n) is 7.43. The lowest BCUT2D eigenvalue weighted by Gasteiger charge is -2.31. The summed E-state index contributed by atoms with van der Waals surface area (Å²) in [5, 5.41) is 2.84. The molecular weight excluding hydrogens is 425 g/mol. The first-order valence-electron chi connectivity index (χ1n) is 10.3. The number of nitrogens with zero attached hydrogens (tertiary/aromatic N) is 1. The van der Waals surface area contributed by atoms with Crippen molar-refractivity contribution in [1.82, 2.24) is 10.2 Å². The highest BCUT2D eigenvalue weighted by Crippen LogP contribution is 2.29. The number of benzene rings is 2. The molecule has 0 saturated carbocycles. The largest absolute Gasteiger partial charge is 0.493 e. The van der Waals surface area contributed by atoms with Crippen LogP contribution in [0.5, 0.6) is 11.5 Å². The van der Waals surface area contributed by atoms with Gasteiger partial charge >= 0.3 is 6.18 Å². The van der Waals surface area contributed by atoms with Gasteiger partial charge in [0.15, 0.2) is 11.5 Å². The molecule has 0 unspecified atom stereocenters. The zero-order valence-electron chi connectivity index (χ0n) is 17.7. The molecule has 1 aliphatic rings. The van der Waals surface area contributed by atoms with Gasteiger partial charge in [0, 0.05) is 24.6 Å². The number of amides is 2. The summed E-state index contributed by atoms with van der Waals surface area (Å²) in [6.45, 7) is 1.37. The van der Waals surface area contributed by atoms with E-state index in [4.69, 9.17) is 9.47 Å². The van der Waals surface area contributed by atoms with E-state index in [1.807, 2.05) is 12.1 Å². The van der Waals surface area contributed by atoms with Crippen LogP contribution in [0.4, 0.5) is 13.2 Å². The van der Waals surface area contributed by atoms with E-state index in [2.05, 4.69) is 5.32 Å². The first-order valence-corrected chi connectivity index (χ1v) is 10.3. The molecule has 0 aromatic heterocycles. The Labute approximate surface area is 184 Å². The van der Waals surface area contributed by atoms with Crippen molar-refractivity contribution in [1.29, 1.82) is 0 Å². The number of methoxy groups -OCH3 is 1. The Bertz CT molecular complexity index is 924. The van der Waals surface area contributed by atoms with E-state index in [1.54, 1.807) is 24.1 Å². The standard InChI is InChI=1S/C23H25F3N2O4/c1-31-19-4-2-3-5-20(19)32-15-12-27-21(29)16-10-13-28(14-11-16)22(30)17-6-8-18(9-7-17)23(24,25)26/h2-9,16H,10-15H2,1H3,(H,27,29). The number of carbonyl (C=O) groups excluding carboxylic acids is 2. The van der Waals surface area contributed by atoms with Crippen molar-refractivity contribution in [3.63, 3.8) is 0 Å². The molecule has 1 fully saturated rings. The number of rotatable bonds is 7. The number of alkyl halides is 3. The second kappa shape index (κ2) is 10.4. The van der Waals surface area contributed by atoms with Crippen molar-refractivity contribution in [3.05, 3.63) is 59.7 Å². The minimum Gasteiger partial charge on any atom is -0.493 e. The zero-order chi connectivity index (χ0) is 23.1. The minimum absolute atomic E-state index is 0.102. The number of ether oxygens (including phenoxy) is 2. The summed E-state index contributed by atoms with van der Waals surface area (Å²) in [6.07, 6.45) is -3.46. The summed E-state index contributed by atoms with van der Waals surface area (Å²) < 4.78 is 48.9. The van der Waals surface area contributed by atoms with Crippen molar-refractivity contribution in [2.24, 2.45) is 5.92 Å². The number of likely N-dealkylation sites (tertiary alicyclic amines) is 1. The normalized spacial score (nSPS) is 14.7. The third-order valence-electron chi connectivity index (χ3n) is 5.34. The fourth-order valence-corrected chi connectivity index (χ4v) is 3.55. The number of para-hydroxylation sites is 2. The van der Waals surface area contributed by atoms with E-state index in [-0.39, 0.29) is 29.9 Å². The molecule has 1 aliphatic heterocycles. The van der Waals surface area contributed by atoms with Gasteiger partial charge in [0.2, 0.25) is 5.91 Å². The predicted molar refractivity (Wildman–Crippen MR) is 112 cm³/mol. The molecule has 2 aromatic carbocycles. The topological polar surface area (TPSA) is 67.9 Å². The van der Waals surface area contributed by atoms with E-state index < -0.39 is 11.7 Å². The number of nitrogens with one attached hydrogen (secondary N) is 1. The summed E-state index contributed by atoms with van der Waals surface area (Å²) >= 11 is 0. The second-order valence-corrected chi connectivity index (χ2v) is 7.43. The van der Waals surface area contributed by atoms with Crippen LogP contribution in [0.15, 0.2) is 48.5 Å². The maximum atomic E-state index is 12.7. The summed E-state index contributed by atoms with van der Waals surface area (Å²) in [5.74, 6) is 0.555. The molecule has 0 radical (unpaired) electrons. The maximum absolute atomic E-state index is 12.7. The van der Waals surface area contributed by atoms with Gasteiger partial charge in [-0.1, -0.05) is 12.1 Å². The molecule has 2 amide bonds. The van der Waals surface area contributed by atoms with Crippen LogP contribution in [0.3, 0.4) is 0 Å². The van der Waals surface area contributed by atoms with Crippen molar-refractivity contribution in [2.45, 2.75) is 19.0 Å². The SMILES string of the molecule is COc1ccccc1OCCNC(=O)C1CCN(C(=O)c2ccc(C(F)(F)F)cc2)CC1. The molecule has 0 bridgehead atoms. The molecular formula is C23H25F3N2O4. The molecule has 0 spiro atoms.